The van der Waals surface area contributed by atoms with E-state index in [1.165, 1.54) is 17.3 Å². The lowest BCUT2D eigenvalue weighted by atomic mass is 10.2. The van der Waals surface area contributed by atoms with Gasteiger partial charge in [0.1, 0.15) is 0 Å². The normalized spacial score (nSPS) is 9.53. The van der Waals surface area contributed by atoms with Gasteiger partial charge in [-0.2, -0.15) is 0 Å². The highest BCUT2D eigenvalue weighted by Crippen LogP contribution is 2.17. The quantitative estimate of drug-likeness (QED) is 0.334. The highest BCUT2D eigenvalue weighted by Gasteiger charge is 2.03. The molecule has 0 aliphatic rings. The first kappa shape index (κ1) is 15.5. The molecule has 0 saturated carbocycles. The number of nitrogens with one attached hydrogen (secondary N) is 3. The maximum absolute atomic E-state index is 11.6. The standard InChI is InChI=1S/C13H17N3OS2/c1-3-8-14-13(18)16-15-12(17)9-19-11-6-4-10(2)5-7-11/h3-7H,1,8-9H2,2H3,(H,15,17)(H2,14,16,18). The van der Waals surface area contributed by atoms with Gasteiger partial charge in [-0.25, -0.2) is 0 Å². The first-order valence-corrected chi connectivity index (χ1v) is 7.14. The topological polar surface area (TPSA) is 53.2 Å². The van der Waals surface area contributed by atoms with Crippen LogP contribution in [0.3, 0.4) is 0 Å². The summed E-state index contributed by atoms with van der Waals surface area (Å²) in [6.45, 7) is 6.14. The second kappa shape index (κ2) is 8.55. The number of thioether (sulfide) groups is 1. The fourth-order valence-corrected chi connectivity index (χ4v) is 1.99. The molecule has 0 fully saturated rings. The van der Waals surface area contributed by atoms with Gasteiger partial charge in [0.25, 0.3) is 0 Å². The van der Waals surface area contributed by atoms with Crippen molar-refractivity contribution in [3.05, 3.63) is 42.5 Å². The van der Waals surface area contributed by atoms with Gasteiger partial charge in [-0.1, -0.05) is 23.8 Å². The first-order chi connectivity index (χ1) is 9.11. The third-order valence-electron chi connectivity index (χ3n) is 2.11. The second-order valence-corrected chi connectivity index (χ2v) is 5.23. The lowest BCUT2D eigenvalue weighted by molar-refractivity contribution is -0.119. The van der Waals surface area contributed by atoms with Crippen molar-refractivity contribution in [2.24, 2.45) is 0 Å². The molecule has 0 saturated heterocycles. The Hall–Kier alpha value is -1.53. The minimum Gasteiger partial charge on any atom is -0.358 e. The minimum atomic E-state index is -0.131. The van der Waals surface area contributed by atoms with E-state index in [1.54, 1.807) is 6.08 Å². The van der Waals surface area contributed by atoms with Crippen LogP contribution in [0.5, 0.6) is 0 Å². The molecule has 0 heterocycles. The van der Waals surface area contributed by atoms with Crippen molar-refractivity contribution >= 4 is 35.0 Å². The molecule has 4 nitrogen and oxygen atoms in total. The Kier molecular flexibility index (Phi) is 6.99. The number of carbonyl (C=O) groups excluding carboxylic acids is 1. The van der Waals surface area contributed by atoms with Gasteiger partial charge in [-0.3, -0.25) is 15.6 Å². The van der Waals surface area contributed by atoms with Crippen molar-refractivity contribution in [3.8, 4) is 0 Å². The zero-order valence-electron chi connectivity index (χ0n) is 10.7. The summed E-state index contributed by atoms with van der Waals surface area (Å²) in [7, 11) is 0. The van der Waals surface area contributed by atoms with Crippen LogP contribution in [0.2, 0.25) is 0 Å². The van der Waals surface area contributed by atoms with Crippen molar-refractivity contribution < 1.29 is 4.79 Å². The third-order valence-corrected chi connectivity index (χ3v) is 3.37. The SMILES string of the molecule is C=CCNC(=S)NNC(=O)CSc1ccc(C)cc1. The van der Waals surface area contributed by atoms with Crippen LogP contribution < -0.4 is 16.2 Å². The second-order valence-electron chi connectivity index (χ2n) is 3.77. The molecule has 0 bridgehead atoms. The fourth-order valence-electron chi connectivity index (χ4n) is 1.15. The van der Waals surface area contributed by atoms with Crippen LogP contribution in [-0.4, -0.2) is 23.3 Å². The summed E-state index contributed by atoms with van der Waals surface area (Å²) in [4.78, 5) is 12.6. The number of hydrazine groups is 1. The van der Waals surface area contributed by atoms with Crippen LogP contribution in [0, 0.1) is 6.92 Å². The number of carbonyl (C=O) groups is 1. The zero-order valence-corrected chi connectivity index (χ0v) is 12.4. The largest absolute Gasteiger partial charge is 0.358 e. The van der Waals surface area contributed by atoms with E-state index in [2.05, 4.69) is 22.7 Å². The molecule has 1 amide bonds. The average Bonchev–Trinajstić information content (AvgIpc) is 2.42. The van der Waals surface area contributed by atoms with Gasteiger partial charge in [0, 0.05) is 11.4 Å². The maximum atomic E-state index is 11.6. The summed E-state index contributed by atoms with van der Waals surface area (Å²) >= 11 is 6.41. The van der Waals surface area contributed by atoms with E-state index in [0.717, 1.165) is 4.90 Å². The predicted molar refractivity (Wildman–Crippen MR) is 84.0 cm³/mol. The molecule has 0 aliphatic carbocycles. The van der Waals surface area contributed by atoms with Gasteiger partial charge >= 0.3 is 0 Å². The average molecular weight is 295 g/mol. The molecule has 102 valence electrons. The number of hydrogen-bond donors (Lipinski definition) is 3. The van der Waals surface area contributed by atoms with E-state index < -0.39 is 0 Å². The molecule has 0 aliphatic heterocycles. The van der Waals surface area contributed by atoms with Crippen LogP contribution in [-0.2, 0) is 4.79 Å². The van der Waals surface area contributed by atoms with Crippen molar-refractivity contribution in [2.45, 2.75) is 11.8 Å². The number of benzene rings is 1. The maximum Gasteiger partial charge on any atom is 0.248 e. The Morgan fingerprint density at radius 3 is 2.68 bits per heavy atom. The van der Waals surface area contributed by atoms with Gasteiger partial charge in [0.15, 0.2) is 5.11 Å². The summed E-state index contributed by atoms with van der Waals surface area (Å²) in [5.74, 6) is 0.202. The Morgan fingerprint density at radius 1 is 1.37 bits per heavy atom. The van der Waals surface area contributed by atoms with E-state index in [-0.39, 0.29) is 5.91 Å². The minimum absolute atomic E-state index is 0.131. The molecule has 0 atom stereocenters. The molecule has 1 aromatic carbocycles. The summed E-state index contributed by atoms with van der Waals surface area (Å²) in [6, 6.07) is 8.04. The highest BCUT2D eigenvalue weighted by molar-refractivity contribution is 8.00. The lowest BCUT2D eigenvalue weighted by Crippen LogP contribution is -2.47. The van der Waals surface area contributed by atoms with Crippen molar-refractivity contribution in [1.82, 2.24) is 16.2 Å². The van der Waals surface area contributed by atoms with Crippen molar-refractivity contribution in [2.75, 3.05) is 12.3 Å². The van der Waals surface area contributed by atoms with Gasteiger partial charge in [0.05, 0.1) is 5.75 Å². The van der Waals surface area contributed by atoms with Crippen LogP contribution >= 0.6 is 24.0 Å². The number of hydrogen-bond acceptors (Lipinski definition) is 3. The Balaban J connectivity index is 2.22. The van der Waals surface area contributed by atoms with Gasteiger partial charge in [0.2, 0.25) is 5.91 Å². The number of rotatable bonds is 5. The molecule has 0 radical (unpaired) electrons. The monoisotopic (exact) mass is 295 g/mol. The Labute approximate surface area is 123 Å². The van der Waals surface area contributed by atoms with Crippen molar-refractivity contribution in [1.29, 1.82) is 0 Å². The van der Waals surface area contributed by atoms with Crippen molar-refractivity contribution in [3.63, 3.8) is 0 Å². The van der Waals surface area contributed by atoms with E-state index in [9.17, 15) is 4.79 Å². The predicted octanol–water partition coefficient (Wildman–Crippen LogP) is 1.77. The Bertz CT molecular complexity index is 446. The summed E-state index contributed by atoms with van der Waals surface area (Å²) in [5.41, 5.74) is 6.35. The highest BCUT2D eigenvalue weighted by atomic mass is 32.2. The Morgan fingerprint density at radius 2 is 2.05 bits per heavy atom. The molecule has 0 aromatic heterocycles. The molecule has 19 heavy (non-hydrogen) atoms. The summed E-state index contributed by atoms with van der Waals surface area (Å²) < 4.78 is 0. The van der Waals surface area contributed by atoms with E-state index in [4.69, 9.17) is 12.2 Å². The van der Waals surface area contributed by atoms with E-state index in [1.807, 2.05) is 31.2 Å². The molecule has 0 unspecified atom stereocenters. The summed E-state index contributed by atoms with van der Waals surface area (Å²) in [6.07, 6.45) is 1.68. The number of thiocarbonyl (C=S) groups is 1. The smallest absolute Gasteiger partial charge is 0.248 e. The third kappa shape index (κ3) is 6.83. The molecule has 0 spiro atoms. The molecule has 6 heteroatoms. The fraction of sp³-hybridized carbons (Fsp3) is 0.231. The van der Waals surface area contributed by atoms with Crippen LogP contribution in [0.4, 0.5) is 0 Å². The van der Waals surface area contributed by atoms with E-state index in [0.29, 0.717) is 17.4 Å². The van der Waals surface area contributed by atoms with Crippen LogP contribution in [0.1, 0.15) is 5.56 Å². The molecule has 1 aromatic rings. The number of amides is 1. The van der Waals surface area contributed by atoms with Gasteiger partial charge in [-0.15, -0.1) is 18.3 Å². The molecular formula is C13H17N3OS2. The number of aryl methyl sites for hydroxylation is 1. The molecular weight excluding hydrogens is 278 g/mol. The zero-order chi connectivity index (χ0) is 14.1. The van der Waals surface area contributed by atoms with E-state index >= 15 is 0 Å². The molecule has 3 N–H and O–H groups in total. The first-order valence-electron chi connectivity index (χ1n) is 5.75. The van der Waals surface area contributed by atoms with Gasteiger partial charge in [-0.05, 0) is 31.3 Å². The molecule has 1 rings (SSSR count). The van der Waals surface area contributed by atoms with Crippen LogP contribution in [0.25, 0.3) is 0 Å². The summed E-state index contributed by atoms with van der Waals surface area (Å²) in [5, 5.41) is 3.22. The van der Waals surface area contributed by atoms with Crippen LogP contribution in [0.15, 0.2) is 41.8 Å². The van der Waals surface area contributed by atoms with Gasteiger partial charge < -0.3 is 5.32 Å². The lowest BCUT2D eigenvalue weighted by Gasteiger charge is -2.10.